The zero-order chi connectivity index (χ0) is 13.1. The van der Waals surface area contributed by atoms with E-state index in [1.807, 2.05) is 0 Å². The maximum atomic E-state index is 9.26. The molecule has 0 amide bonds. The SMILES string of the molecule is OCCC(c1c(Cl)ccc(Cl)c1Cl)N1CCCC1. The first-order chi connectivity index (χ1) is 8.65. The summed E-state index contributed by atoms with van der Waals surface area (Å²) in [4.78, 5) is 2.32. The molecule has 2 rings (SSSR count). The molecule has 1 aliphatic heterocycles. The van der Waals surface area contributed by atoms with Crippen LogP contribution in [-0.4, -0.2) is 29.7 Å². The lowest BCUT2D eigenvalue weighted by molar-refractivity contribution is 0.185. The van der Waals surface area contributed by atoms with Gasteiger partial charge in [0.2, 0.25) is 0 Å². The van der Waals surface area contributed by atoms with E-state index in [0.29, 0.717) is 21.5 Å². The van der Waals surface area contributed by atoms with Gasteiger partial charge >= 0.3 is 0 Å². The number of rotatable bonds is 4. The zero-order valence-electron chi connectivity index (χ0n) is 10.0. The largest absolute Gasteiger partial charge is 0.396 e. The average Bonchev–Trinajstić information content (AvgIpc) is 2.87. The molecule has 0 aromatic heterocycles. The van der Waals surface area contributed by atoms with Crippen LogP contribution in [0.25, 0.3) is 0 Å². The number of hydrogen-bond acceptors (Lipinski definition) is 2. The second kappa shape index (κ2) is 6.44. The van der Waals surface area contributed by atoms with E-state index in [1.54, 1.807) is 12.1 Å². The van der Waals surface area contributed by atoms with E-state index in [0.717, 1.165) is 18.7 Å². The van der Waals surface area contributed by atoms with Crippen molar-refractivity contribution in [3.05, 3.63) is 32.8 Å². The Morgan fingerprint density at radius 1 is 1.11 bits per heavy atom. The Hall–Kier alpha value is 0.01000. The lowest BCUT2D eigenvalue weighted by atomic mass is 10.0. The summed E-state index contributed by atoms with van der Waals surface area (Å²) in [5.74, 6) is 0. The Morgan fingerprint density at radius 2 is 1.72 bits per heavy atom. The number of aliphatic hydroxyl groups is 1. The number of hydrogen-bond donors (Lipinski definition) is 1. The van der Waals surface area contributed by atoms with Crippen molar-refractivity contribution >= 4 is 34.8 Å². The topological polar surface area (TPSA) is 23.5 Å². The molecule has 1 aromatic rings. The molecule has 18 heavy (non-hydrogen) atoms. The first kappa shape index (κ1) is 14.4. The van der Waals surface area contributed by atoms with Gasteiger partial charge in [0.1, 0.15) is 0 Å². The summed E-state index contributed by atoms with van der Waals surface area (Å²) in [5.41, 5.74) is 0.849. The van der Waals surface area contributed by atoms with Crippen molar-refractivity contribution in [1.29, 1.82) is 0 Å². The molecule has 1 saturated heterocycles. The summed E-state index contributed by atoms with van der Waals surface area (Å²) in [6.07, 6.45) is 2.98. The molecule has 1 heterocycles. The molecular formula is C13H16Cl3NO. The quantitative estimate of drug-likeness (QED) is 0.844. The molecule has 0 spiro atoms. The van der Waals surface area contributed by atoms with Crippen molar-refractivity contribution in [1.82, 2.24) is 4.90 Å². The lowest BCUT2D eigenvalue weighted by Crippen LogP contribution is -2.27. The van der Waals surface area contributed by atoms with E-state index >= 15 is 0 Å². The van der Waals surface area contributed by atoms with Gasteiger partial charge in [-0.15, -0.1) is 0 Å². The fourth-order valence-corrected chi connectivity index (χ4v) is 3.32. The summed E-state index contributed by atoms with van der Waals surface area (Å²) in [6, 6.07) is 3.53. The van der Waals surface area contributed by atoms with E-state index in [-0.39, 0.29) is 12.6 Å². The maximum Gasteiger partial charge on any atom is 0.0655 e. The molecular weight excluding hydrogens is 293 g/mol. The Bertz CT molecular complexity index is 419. The predicted molar refractivity (Wildman–Crippen MR) is 76.7 cm³/mol. The molecule has 2 nitrogen and oxygen atoms in total. The Kier molecular flexibility index (Phi) is 5.16. The molecule has 1 N–H and O–H groups in total. The van der Waals surface area contributed by atoms with Crippen molar-refractivity contribution < 1.29 is 5.11 Å². The van der Waals surface area contributed by atoms with E-state index < -0.39 is 0 Å². The third-order valence-electron chi connectivity index (χ3n) is 3.40. The highest BCUT2D eigenvalue weighted by Gasteiger charge is 2.27. The van der Waals surface area contributed by atoms with E-state index in [1.165, 1.54) is 12.8 Å². The van der Waals surface area contributed by atoms with Crippen LogP contribution in [0.2, 0.25) is 15.1 Å². The molecule has 1 aliphatic rings. The van der Waals surface area contributed by atoms with Crippen LogP contribution in [0.5, 0.6) is 0 Å². The highest BCUT2D eigenvalue weighted by Crippen LogP contribution is 2.40. The summed E-state index contributed by atoms with van der Waals surface area (Å²) >= 11 is 18.6. The average molecular weight is 309 g/mol. The van der Waals surface area contributed by atoms with Crippen molar-refractivity contribution in [2.45, 2.75) is 25.3 Å². The van der Waals surface area contributed by atoms with Gasteiger partial charge in [0, 0.05) is 23.2 Å². The lowest BCUT2D eigenvalue weighted by Gasteiger charge is -2.29. The van der Waals surface area contributed by atoms with E-state index in [9.17, 15) is 5.11 Å². The molecule has 0 bridgehead atoms. The van der Waals surface area contributed by atoms with Gasteiger partial charge in [0.05, 0.1) is 10.0 Å². The minimum Gasteiger partial charge on any atom is -0.396 e. The van der Waals surface area contributed by atoms with E-state index in [4.69, 9.17) is 34.8 Å². The van der Waals surface area contributed by atoms with Gasteiger partial charge in [0.25, 0.3) is 0 Å². The van der Waals surface area contributed by atoms with Crippen LogP contribution in [0.3, 0.4) is 0 Å². The standard InChI is InChI=1S/C13H16Cl3NO/c14-9-3-4-10(15)13(16)12(9)11(5-8-18)17-6-1-2-7-17/h3-4,11,18H,1-2,5-8H2. The van der Waals surface area contributed by atoms with Crippen LogP contribution in [0, 0.1) is 0 Å². The third-order valence-corrected chi connectivity index (χ3v) is 4.55. The Balaban J connectivity index is 2.38. The molecule has 1 atom stereocenters. The number of likely N-dealkylation sites (tertiary alicyclic amines) is 1. The molecule has 0 radical (unpaired) electrons. The number of benzene rings is 1. The second-order valence-electron chi connectivity index (χ2n) is 4.53. The van der Waals surface area contributed by atoms with Crippen molar-refractivity contribution in [3.63, 3.8) is 0 Å². The minimum atomic E-state index is 0.0520. The Morgan fingerprint density at radius 3 is 2.33 bits per heavy atom. The highest BCUT2D eigenvalue weighted by atomic mass is 35.5. The van der Waals surface area contributed by atoms with Gasteiger partial charge in [-0.2, -0.15) is 0 Å². The van der Waals surface area contributed by atoms with Gasteiger partial charge in [-0.3, -0.25) is 4.90 Å². The summed E-state index contributed by atoms with van der Waals surface area (Å²) in [5, 5.41) is 10.9. The fourth-order valence-electron chi connectivity index (χ4n) is 2.53. The summed E-state index contributed by atoms with van der Waals surface area (Å²) in [7, 11) is 0. The normalized spacial score (nSPS) is 18.2. The molecule has 1 fully saturated rings. The van der Waals surface area contributed by atoms with Gasteiger partial charge in [0.15, 0.2) is 0 Å². The molecule has 5 heteroatoms. The third kappa shape index (κ3) is 2.94. The number of aliphatic hydroxyl groups excluding tert-OH is 1. The smallest absolute Gasteiger partial charge is 0.0655 e. The molecule has 1 aromatic carbocycles. The van der Waals surface area contributed by atoms with Gasteiger partial charge in [-0.1, -0.05) is 34.8 Å². The fraction of sp³-hybridized carbons (Fsp3) is 0.538. The monoisotopic (exact) mass is 307 g/mol. The summed E-state index contributed by atoms with van der Waals surface area (Å²) in [6.45, 7) is 2.15. The van der Waals surface area contributed by atoms with Crippen molar-refractivity contribution in [2.24, 2.45) is 0 Å². The molecule has 0 saturated carbocycles. The maximum absolute atomic E-state index is 9.26. The summed E-state index contributed by atoms with van der Waals surface area (Å²) < 4.78 is 0. The Labute approximate surface area is 122 Å². The van der Waals surface area contributed by atoms with Gasteiger partial charge < -0.3 is 5.11 Å². The second-order valence-corrected chi connectivity index (χ2v) is 5.72. The van der Waals surface area contributed by atoms with E-state index in [2.05, 4.69) is 4.90 Å². The van der Waals surface area contributed by atoms with Crippen LogP contribution in [0.15, 0.2) is 12.1 Å². The first-order valence-electron chi connectivity index (χ1n) is 6.13. The molecule has 0 aliphatic carbocycles. The van der Waals surface area contributed by atoms with Crippen LogP contribution in [-0.2, 0) is 0 Å². The van der Waals surface area contributed by atoms with Crippen LogP contribution in [0.4, 0.5) is 0 Å². The van der Waals surface area contributed by atoms with Crippen LogP contribution >= 0.6 is 34.8 Å². The molecule has 100 valence electrons. The number of nitrogens with zero attached hydrogens (tertiary/aromatic N) is 1. The zero-order valence-corrected chi connectivity index (χ0v) is 12.3. The highest BCUT2D eigenvalue weighted by molar-refractivity contribution is 6.44. The minimum absolute atomic E-state index is 0.0520. The van der Waals surface area contributed by atoms with Crippen LogP contribution < -0.4 is 0 Å². The van der Waals surface area contributed by atoms with Crippen molar-refractivity contribution in [3.8, 4) is 0 Å². The number of halogens is 3. The first-order valence-corrected chi connectivity index (χ1v) is 7.27. The van der Waals surface area contributed by atoms with Crippen molar-refractivity contribution in [2.75, 3.05) is 19.7 Å². The van der Waals surface area contributed by atoms with Gasteiger partial charge in [-0.05, 0) is 44.5 Å². The van der Waals surface area contributed by atoms with Gasteiger partial charge in [-0.25, -0.2) is 0 Å². The predicted octanol–water partition coefficient (Wildman–Crippen LogP) is 4.17. The van der Waals surface area contributed by atoms with Crippen LogP contribution in [0.1, 0.15) is 30.9 Å². The molecule has 1 unspecified atom stereocenters.